The van der Waals surface area contributed by atoms with Gasteiger partial charge in [-0.1, -0.05) is 18.2 Å². The Morgan fingerprint density at radius 3 is 3.15 bits per heavy atom. The van der Waals surface area contributed by atoms with E-state index in [-0.39, 0.29) is 6.10 Å². The van der Waals surface area contributed by atoms with Crippen molar-refractivity contribution in [1.82, 2.24) is 0 Å². The van der Waals surface area contributed by atoms with Gasteiger partial charge in [0, 0.05) is 18.1 Å². The Labute approximate surface area is 77.5 Å². The number of hydrogen-bond acceptors (Lipinski definition) is 2. The summed E-state index contributed by atoms with van der Waals surface area (Å²) in [4.78, 5) is 0. The van der Waals surface area contributed by atoms with Gasteiger partial charge in [-0.15, -0.1) is 0 Å². The van der Waals surface area contributed by atoms with E-state index in [1.807, 2.05) is 12.1 Å². The SMILES string of the molecule is c1ccc2c(c1)OC1COCCC21. The fourth-order valence-corrected chi connectivity index (χ4v) is 2.24. The predicted molar refractivity (Wildman–Crippen MR) is 49.0 cm³/mol. The van der Waals surface area contributed by atoms with E-state index >= 15 is 0 Å². The summed E-state index contributed by atoms with van der Waals surface area (Å²) in [6.07, 6.45) is 1.37. The molecule has 3 rings (SSSR count). The van der Waals surface area contributed by atoms with Gasteiger partial charge in [0.2, 0.25) is 0 Å². The number of para-hydroxylation sites is 1. The van der Waals surface area contributed by atoms with E-state index in [1.165, 1.54) is 5.56 Å². The molecule has 0 aliphatic carbocycles. The lowest BCUT2D eigenvalue weighted by atomic mass is 9.91. The van der Waals surface area contributed by atoms with Crippen molar-refractivity contribution in [3.8, 4) is 5.75 Å². The molecule has 1 aromatic rings. The van der Waals surface area contributed by atoms with E-state index in [4.69, 9.17) is 9.47 Å². The van der Waals surface area contributed by atoms with Crippen LogP contribution < -0.4 is 4.74 Å². The Hall–Kier alpha value is -1.02. The van der Waals surface area contributed by atoms with E-state index in [1.54, 1.807) is 0 Å². The maximum Gasteiger partial charge on any atom is 0.129 e. The zero-order valence-corrected chi connectivity index (χ0v) is 7.40. The standard InChI is InChI=1S/C11H12O2/c1-2-4-10-8(3-1)9-5-6-12-7-11(9)13-10/h1-4,9,11H,5-7H2. The summed E-state index contributed by atoms with van der Waals surface area (Å²) in [5.41, 5.74) is 1.37. The van der Waals surface area contributed by atoms with Crippen LogP contribution in [0.2, 0.25) is 0 Å². The Morgan fingerprint density at radius 2 is 2.15 bits per heavy atom. The van der Waals surface area contributed by atoms with Crippen LogP contribution in [-0.4, -0.2) is 19.3 Å². The van der Waals surface area contributed by atoms with Gasteiger partial charge in [-0.25, -0.2) is 0 Å². The molecule has 0 spiro atoms. The zero-order valence-electron chi connectivity index (χ0n) is 7.40. The van der Waals surface area contributed by atoms with Gasteiger partial charge in [-0.2, -0.15) is 0 Å². The van der Waals surface area contributed by atoms with Crippen LogP contribution in [0.3, 0.4) is 0 Å². The van der Waals surface area contributed by atoms with Crippen LogP contribution in [0.5, 0.6) is 5.75 Å². The molecule has 2 unspecified atom stereocenters. The van der Waals surface area contributed by atoms with Crippen molar-refractivity contribution >= 4 is 0 Å². The van der Waals surface area contributed by atoms with E-state index in [2.05, 4.69) is 12.1 Å². The summed E-state index contributed by atoms with van der Waals surface area (Å²) in [6, 6.07) is 8.33. The van der Waals surface area contributed by atoms with Crippen molar-refractivity contribution in [1.29, 1.82) is 0 Å². The summed E-state index contributed by atoms with van der Waals surface area (Å²) in [5, 5.41) is 0. The summed E-state index contributed by atoms with van der Waals surface area (Å²) < 4.78 is 11.2. The number of hydrogen-bond donors (Lipinski definition) is 0. The smallest absolute Gasteiger partial charge is 0.129 e. The minimum Gasteiger partial charge on any atom is -0.487 e. The van der Waals surface area contributed by atoms with Gasteiger partial charge < -0.3 is 9.47 Å². The van der Waals surface area contributed by atoms with Gasteiger partial charge in [-0.3, -0.25) is 0 Å². The molecule has 13 heavy (non-hydrogen) atoms. The highest BCUT2D eigenvalue weighted by molar-refractivity contribution is 5.41. The van der Waals surface area contributed by atoms with Gasteiger partial charge in [0.15, 0.2) is 0 Å². The minimum atomic E-state index is 0.270. The second kappa shape index (κ2) is 2.74. The molecule has 1 aromatic carbocycles. The summed E-state index contributed by atoms with van der Waals surface area (Å²) >= 11 is 0. The number of fused-ring (bicyclic) bond motifs is 3. The first-order chi connectivity index (χ1) is 6.45. The first-order valence-corrected chi connectivity index (χ1v) is 4.78. The van der Waals surface area contributed by atoms with Crippen LogP contribution in [0.25, 0.3) is 0 Å². The van der Waals surface area contributed by atoms with Crippen molar-refractivity contribution < 1.29 is 9.47 Å². The maximum absolute atomic E-state index is 5.79. The summed E-state index contributed by atoms with van der Waals surface area (Å²) in [6.45, 7) is 1.62. The van der Waals surface area contributed by atoms with Crippen molar-refractivity contribution in [3.05, 3.63) is 29.8 Å². The molecule has 0 amide bonds. The van der Waals surface area contributed by atoms with Crippen LogP contribution in [0, 0.1) is 0 Å². The summed E-state index contributed by atoms with van der Waals surface area (Å²) in [5.74, 6) is 1.63. The zero-order chi connectivity index (χ0) is 8.67. The molecule has 68 valence electrons. The molecule has 2 heterocycles. The first kappa shape index (κ1) is 7.39. The number of rotatable bonds is 0. The van der Waals surface area contributed by atoms with Crippen LogP contribution in [0.15, 0.2) is 24.3 Å². The fraction of sp³-hybridized carbons (Fsp3) is 0.455. The topological polar surface area (TPSA) is 18.5 Å². The number of ether oxygens (including phenoxy) is 2. The molecule has 0 radical (unpaired) electrons. The van der Waals surface area contributed by atoms with E-state index < -0.39 is 0 Å². The Kier molecular flexibility index (Phi) is 1.56. The average molecular weight is 176 g/mol. The van der Waals surface area contributed by atoms with Crippen LogP contribution in [-0.2, 0) is 4.74 Å². The second-order valence-electron chi connectivity index (χ2n) is 3.66. The van der Waals surface area contributed by atoms with Crippen molar-refractivity contribution in [2.24, 2.45) is 0 Å². The molecule has 0 bridgehead atoms. The lowest BCUT2D eigenvalue weighted by molar-refractivity contribution is 0.00775. The van der Waals surface area contributed by atoms with Gasteiger partial charge >= 0.3 is 0 Å². The number of benzene rings is 1. The van der Waals surface area contributed by atoms with Gasteiger partial charge in [-0.05, 0) is 12.5 Å². The van der Waals surface area contributed by atoms with Crippen LogP contribution >= 0.6 is 0 Å². The van der Waals surface area contributed by atoms with E-state index in [9.17, 15) is 0 Å². The first-order valence-electron chi connectivity index (χ1n) is 4.78. The lowest BCUT2D eigenvalue weighted by Gasteiger charge is -2.24. The highest BCUT2D eigenvalue weighted by Crippen LogP contribution is 2.41. The van der Waals surface area contributed by atoms with Crippen molar-refractivity contribution in [2.45, 2.75) is 18.4 Å². The molecule has 2 aliphatic heterocycles. The normalized spacial score (nSPS) is 30.5. The molecule has 0 saturated carbocycles. The van der Waals surface area contributed by atoms with Crippen LogP contribution in [0.4, 0.5) is 0 Å². The largest absolute Gasteiger partial charge is 0.487 e. The highest BCUT2D eigenvalue weighted by atomic mass is 16.5. The third kappa shape index (κ3) is 1.05. The third-order valence-corrected chi connectivity index (χ3v) is 2.90. The molecule has 1 saturated heterocycles. The Bertz CT molecular complexity index is 322. The van der Waals surface area contributed by atoms with Crippen LogP contribution in [0.1, 0.15) is 17.9 Å². The maximum atomic E-state index is 5.79. The average Bonchev–Trinajstić information content (AvgIpc) is 2.56. The molecule has 2 aliphatic rings. The second-order valence-corrected chi connectivity index (χ2v) is 3.66. The minimum absolute atomic E-state index is 0.270. The highest BCUT2D eigenvalue weighted by Gasteiger charge is 2.36. The van der Waals surface area contributed by atoms with Gasteiger partial charge in [0.1, 0.15) is 11.9 Å². The summed E-state index contributed by atoms with van der Waals surface area (Å²) in [7, 11) is 0. The van der Waals surface area contributed by atoms with Crippen molar-refractivity contribution in [3.63, 3.8) is 0 Å². The monoisotopic (exact) mass is 176 g/mol. The molecule has 2 nitrogen and oxygen atoms in total. The van der Waals surface area contributed by atoms with E-state index in [0.717, 1.165) is 25.4 Å². The molecular formula is C11H12O2. The molecular weight excluding hydrogens is 164 g/mol. The Morgan fingerprint density at radius 1 is 1.23 bits per heavy atom. The fourth-order valence-electron chi connectivity index (χ4n) is 2.24. The van der Waals surface area contributed by atoms with Gasteiger partial charge in [0.25, 0.3) is 0 Å². The van der Waals surface area contributed by atoms with Gasteiger partial charge in [0.05, 0.1) is 6.61 Å². The molecule has 0 aromatic heterocycles. The molecule has 0 N–H and O–H groups in total. The quantitative estimate of drug-likeness (QED) is 0.601. The lowest BCUT2D eigenvalue weighted by Crippen LogP contribution is -2.30. The van der Waals surface area contributed by atoms with E-state index in [0.29, 0.717) is 5.92 Å². The Balaban J connectivity index is 2.01. The predicted octanol–water partition coefficient (Wildman–Crippen LogP) is 1.95. The molecule has 2 heteroatoms. The molecule has 2 atom stereocenters. The molecule has 1 fully saturated rings. The third-order valence-electron chi connectivity index (χ3n) is 2.90. The van der Waals surface area contributed by atoms with Crippen molar-refractivity contribution in [2.75, 3.05) is 13.2 Å².